The Bertz CT molecular complexity index is 1210. The van der Waals surface area contributed by atoms with Gasteiger partial charge < -0.3 is 0 Å². The van der Waals surface area contributed by atoms with Crippen LogP contribution in [0.3, 0.4) is 0 Å². The van der Waals surface area contributed by atoms with E-state index < -0.39 is 0 Å². The van der Waals surface area contributed by atoms with Gasteiger partial charge in [0.25, 0.3) is 0 Å². The fourth-order valence-electron chi connectivity index (χ4n) is 3.38. The largest absolute Gasteiger partial charge is 0.290 e. The zero-order valence-electron chi connectivity index (χ0n) is 12.8. The molecule has 0 fully saturated rings. The van der Waals surface area contributed by atoms with Crippen LogP contribution in [0.5, 0.6) is 0 Å². The first-order valence-electron chi connectivity index (χ1n) is 7.87. The van der Waals surface area contributed by atoms with Crippen LogP contribution in [0.25, 0.3) is 38.7 Å². The molecule has 0 aliphatic rings. The average Bonchev–Trinajstić information content (AvgIpc) is 3.03. The molecule has 2 heterocycles. The van der Waals surface area contributed by atoms with Gasteiger partial charge in [-0.1, -0.05) is 78.3 Å². The number of aromatic nitrogens is 2. The molecule has 0 saturated heterocycles. The van der Waals surface area contributed by atoms with Gasteiger partial charge in [-0.15, -0.1) is 0 Å². The Morgan fingerprint density at radius 3 is 2.21 bits per heavy atom. The summed E-state index contributed by atoms with van der Waals surface area (Å²) in [6.45, 7) is 0. The highest BCUT2D eigenvalue weighted by atomic mass is 35.5. The average molecular weight is 329 g/mol. The zero-order valence-corrected chi connectivity index (χ0v) is 13.5. The molecular weight excluding hydrogens is 316 g/mol. The predicted octanol–water partition coefficient (Wildman–Crippen LogP) is 5.96. The molecule has 5 rings (SSSR count). The molecule has 0 saturated carbocycles. The van der Waals surface area contributed by atoms with Gasteiger partial charge in [-0.05, 0) is 12.1 Å². The first-order valence-corrected chi connectivity index (χ1v) is 8.25. The van der Waals surface area contributed by atoms with Gasteiger partial charge in [0.2, 0.25) is 0 Å². The second-order valence-corrected chi connectivity index (χ2v) is 6.21. The fourth-order valence-corrected chi connectivity index (χ4v) is 3.74. The van der Waals surface area contributed by atoms with E-state index in [4.69, 9.17) is 16.6 Å². The number of fused-ring (bicyclic) bond motifs is 5. The van der Waals surface area contributed by atoms with Crippen molar-refractivity contribution in [2.45, 2.75) is 0 Å². The van der Waals surface area contributed by atoms with Crippen LogP contribution in [0, 0.1) is 0 Å². The molecule has 0 spiro atoms. The van der Waals surface area contributed by atoms with Gasteiger partial charge in [-0.25, -0.2) is 4.98 Å². The third-order valence-electron chi connectivity index (χ3n) is 4.44. The molecule has 24 heavy (non-hydrogen) atoms. The minimum Gasteiger partial charge on any atom is -0.290 e. The molecule has 0 aliphatic carbocycles. The van der Waals surface area contributed by atoms with Crippen molar-refractivity contribution in [2.75, 3.05) is 0 Å². The van der Waals surface area contributed by atoms with Gasteiger partial charge in [0.15, 0.2) is 0 Å². The molecule has 0 N–H and O–H groups in total. The fraction of sp³-hybridized carbons (Fsp3) is 0. The lowest BCUT2D eigenvalue weighted by atomic mass is 10.1. The number of hydrogen-bond donors (Lipinski definition) is 0. The van der Waals surface area contributed by atoms with Crippen LogP contribution in [0.15, 0.2) is 78.9 Å². The summed E-state index contributed by atoms with van der Waals surface area (Å²) in [6.07, 6.45) is 0. The van der Waals surface area contributed by atoms with Crippen molar-refractivity contribution >= 4 is 39.1 Å². The first-order chi connectivity index (χ1) is 11.8. The highest BCUT2D eigenvalue weighted by molar-refractivity contribution is 6.38. The van der Waals surface area contributed by atoms with Gasteiger partial charge in [-0.3, -0.25) is 4.40 Å². The minimum atomic E-state index is 0.757. The van der Waals surface area contributed by atoms with Crippen molar-refractivity contribution in [3.05, 3.63) is 83.9 Å². The molecule has 2 nitrogen and oxygen atoms in total. The molecule has 0 unspecified atom stereocenters. The van der Waals surface area contributed by atoms with Gasteiger partial charge in [0.1, 0.15) is 5.65 Å². The van der Waals surface area contributed by atoms with Crippen molar-refractivity contribution in [3.8, 4) is 11.3 Å². The third kappa shape index (κ3) is 1.81. The van der Waals surface area contributed by atoms with Crippen LogP contribution in [0.1, 0.15) is 0 Å². The number of halogens is 1. The van der Waals surface area contributed by atoms with E-state index in [9.17, 15) is 0 Å². The second kappa shape index (κ2) is 5.08. The Morgan fingerprint density at radius 2 is 1.38 bits per heavy atom. The topological polar surface area (TPSA) is 17.3 Å². The van der Waals surface area contributed by atoms with Crippen molar-refractivity contribution in [1.82, 2.24) is 9.38 Å². The first kappa shape index (κ1) is 13.6. The molecule has 114 valence electrons. The van der Waals surface area contributed by atoms with Crippen molar-refractivity contribution < 1.29 is 0 Å². The number of benzene rings is 3. The Morgan fingerprint density at radius 1 is 0.708 bits per heavy atom. The maximum atomic E-state index is 6.86. The van der Waals surface area contributed by atoms with Crippen LogP contribution >= 0.6 is 11.6 Å². The van der Waals surface area contributed by atoms with Crippen LogP contribution in [-0.2, 0) is 0 Å². The number of imidazole rings is 1. The maximum Gasteiger partial charge on any atom is 0.146 e. The van der Waals surface area contributed by atoms with Crippen molar-refractivity contribution in [1.29, 1.82) is 0 Å². The summed E-state index contributed by atoms with van der Waals surface area (Å²) in [6, 6.07) is 26.6. The quantitative estimate of drug-likeness (QED) is 0.371. The molecule has 3 aromatic carbocycles. The smallest absolute Gasteiger partial charge is 0.146 e. The molecular formula is C21H13ClN2. The summed E-state index contributed by atoms with van der Waals surface area (Å²) in [5.74, 6) is 0. The van der Waals surface area contributed by atoms with E-state index in [1.165, 1.54) is 0 Å². The van der Waals surface area contributed by atoms with E-state index in [2.05, 4.69) is 34.7 Å². The molecule has 0 bridgehead atoms. The number of nitrogens with zero attached hydrogens (tertiary/aromatic N) is 2. The second-order valence-electron chi connectivity index (χ2n) is 5.83. The number of rotatable bonds is 1. The maximum absolute atomic E-state index is 6.86. The van der Waals surface area contributed by atoms with E-state index >= 15 is 0 Å². The monoisotopic (exact) mass is 328 g/mol. The van der Waals surface area contributed by atoms with Crippen molar-refractivity contribution in [3.63, 3.8) is 0 Å². The minimum absolute atomic E-state index is 0.757. The summed E-state index contributed by atoms with van der Waals surface area (Å²) in [4.78, 5) is 4.87. The van der Waals surface area contributed by atoms with Crippen LogP contribution in [-0.4, -0.2) is 9.38 Å². The molecule has 2 aromatic heterocycles. The lowest BCUT2D eigenvalue weighted by Crippen LogP contribution is -1.95. The van der Waals surface area contributed by atoms with E-state index in [0.29, 0.717) is 0 Å². The number of pyridine rings is 1. The molecule has 0 radical (unpaired) electrons. The van der Waals surface area contributed by atoms with Crippen LogP contribution in [0.4, 0.5) is 0 Å². The summed E-state index contributed by atoms with van der Waals surface area (Å²) in [7, 11) is 0. The highest BCUT2D eigenvalue weighted by Crippen LogP contribution is 2.38. The van der Waals surface area contributed by atoms with E-state index in [0.717, 1.165) is 43.7 Å². The number of para-hydroxylation sites is 2. The van der Waals surface area contributed by atoms with E-state index in [1.54, 1.807) is 0 Å². The molecule has 0 aliphatic heterocycles. The lowest BCUT2D eigenvalue weighted by molar-refractivity contribution is 1.25. The Kier molecular flexibility index (Phi) is 2.88. The zero-order chi connectivity index (χ0) is 16.1. The van der Waals surface area contributed by atoms with Crippen molar-refractivity contribution in [2.24, 2.45) is 0 Å². The SMILES string of the molecule is Clc1c(-c2ccccc2)n2c3ccccc3nc2c2ccccc12. The van der Waals surface area contributed by atoms with Gasteiger partial charge >= 0.3 is 0 Å². The van der Waals surface area contributed by atoms with Gasteiger partial charge in [0, 0.05) is 16.3 Å². The summed E-state index contributed by atoms with van der Waals surface area (Å²) in [5.41, 5.74) is 5.05. The molecule has 5 aromatic rings. The third-order valence-corrected chi connectivity index (χ3v) is 4.83. The Hall–Kier alpha value is -2.84. The van der Waals surface area contributed by atoms with Gasteiger partial charge in [0.05, 0.1) is 21.7 Å². The van der Waals surface area contributed by atoms with Crippen LogP contribution in [0.2, 0.25) is 5.02 Å². The number of hydrogen-bond acceptors (Lipinski definition) is 1. The summed E-state index contributed by atoms with van der Waals surface area (Å²) in [5, 5.41) is 2.85. The Labute approximate surface area is 143 Å². The normalized spacial score (nSPS) is 11.5. The standard InChI is InChI=1S/C21H13ClN2/c22-19-15-10-4-5-11-16(15)21-23-17-12-6-7-13-18(17)24(21)20(19)14-8-2-1-3-9-14/h1-13H. The summed E-state index contributed by atoms with van der Waals surface area (Å²) < 4.78 is 2.18. The predicted molar refractivity (Wildman–Crippen MR) is 101 cm³/mol. The molecule has 3 heteroatoms. The van der Waals surface area contributed by atoms with E-state index in [1.807, 2.05) is 48.5 Å². The lowest BCUT2D eigenvalue weighted by Gasteiger charge is -2.13. The van der Waals surface area contributed by atoms with E-state index in [-0.39, 0.29) is 0 Å². The summed E-state index contributed by atoms with van der Waals surface area (Å²) >= 11 is 6.86. The van der Waals surface area contributed by atoms with Gasteiger partial charge in [-0.2, -0.15) is 0 Å². The van der Waals surface area contributed by atoms with Crippen LogP contribution < -0.4 is 0 Å². The molecule has 0 atom stereocenters. The highest BCUT2D eigenvalue weighted by Gasteiger charge is 2.17. The Balaban J connectivity index is 2.11. The molecule has 0 amide bonds.